The molecule has 142 valence electrons. The molecule has 2 heterocycles. The lowest BCUT2D eigenvalue weighted by Crippen LogP contribution is -2.40. The maximum absolute atomic E-state index is 12.2. The Morgan fingerprint density at radius 2 is 2.04 bits per heavy atom. The summed E-state index contributed by atoms with van der Waals surface area (Å²) in [6.07, 6.45) is -3.66. The molecule has 1 aromatic carbocycles. The zero-order valence-corrected chi connectivity index (χ0v) is 14.9. The third-order valence-electron chi connectivity index (χ3n) is 4.61. The van der Waals surface area contributed by atoms with Crippen LogP contribution in [0.2, 0.25) is 0 Å². The molecule has 1 aromatic rings. The number of hydrogen-bond donors (Lipinski definition) is 0. The van der Waals surface area contributed by atoms with Gasteiger partial charge in [0, 0.05) is 29.3 Å². The molecular formula is C17H18F3NO4S. The molecule has 1 saturated heterocycles. The van der Waals surface area contributed by atoms with Crippen molar-refractivity contribution >= 4 is 23.7 Å². The van der Waals surface area contributed by atoms with Crippen molar-refractivity contribution in [1.29, 1.82) is 0 Å². The van der Waals surface area contributed by atoms with Crippen molar-refractivity contribution in [3.05, 3.63) is 28.8 Å². The summed E-state index contributed by atoms with van der Waals surface area (Å²) in [6, 6.07) is 3.69. The van der Waals surface area contributed by atoms with Gasteiger partial charge in [-0.15, -0.1) is 16.8 Å². The van der Waals surface area contributed by atoms with Crippen molar-refractivity contribution in [2.24, 2.45) is 5.92 Å². The van der Waals surface area contributed by atoms with E-state index < -0.39 is 12.1 Å². The third kappa shape index (κ3) is 4.15. The molecule has 9 heteroatoms. The van der Waals surface area contributed by atoms with Crippen LogP contribution in [0.15, 0.2) is 17.0 Å². The Bertz CT molecular complexity index is 715. The van der Waals surface area contributed by atoms with Crippen LogP contribution in [0.1, 0.15) is 34.3 Å². The zero-order chi connectivity index (χ0) is 18.9. The Balaban J connectivity index is 1.49. The van der Waals surface area contributed by atoms with E-state index in [1.165, 1.54) is 0 Å². The number of carbonyl (C=O) groups is 2. The molecule has 1 fully saturated rings. The molecule has 3 rings (SSSR count). The van der Waals surface area contributed by atoms with E-state index in [2.05, 4.69) is 4.84 Å². The van der Waals surface area contributed by atoms with Gasteiger partial charge >= 0.3 is 18.1 Å². The molecule has 0 radical (unpaired) electrons. The van der Waals surface area contributed by atoms with E-state index in [0.29, 0.717) is 44.0 Å². The second kappa shape index (κ2) is 7.48. The van der Waals surface area contributed by atoms with Crippen molar-refractivity contribution in [1.82, 2.24) is 5.06 Å². The predicted octanol–water partition coefficient (Wildman–Crippen LogP) is 3.49. The number of hydrogen-bond acceptors (Lipinski definition) is 6. The fraction of sp³-hybridized carbons (Fsp3) is 0.529. The number of carbonyl (C=O) groups excluding carboxylic acids is 2. The highest BCUT2D eigenvalue weighted by Crippen LogP contribution is 2.34. The first-order chi connectivity index (χ1) is 12.3. The molecule has 0 aromatic heterocycles. The number of cyclic esters (lactones) is 1. The van der Waals surface area contributed by atoms with Gasteiger partial charge in [-0.1, -0.05) is 0 Å². The Kier molecular flexibility index (Phi) is 5.47. The summed E-state index contributed by atoms with van der Waals surface area (Å²) >= 11 is 1.67. The number of piperidine rings is 1. The predicted molar refractivity (Wildman–Crippen MR) is 87.5 cm³/mol. The third-order valence-corrected chi connectivity index (χ3v) is 6.00. The summed E-state index contributed by atoms with van der Waals surface area (Å²) in [6.45, 7) is 2.84. The van der Waals surface area contributed by atoms with E-state index in [4.69, 9.17) is 4.74 Å². The number of nitrogens with zero attached hydrogens (tertiary/aromatic N) is 1. The Hall–Kier alpha value is -1.74. The average Bonchev–Trinajstić information content (AvgIpc) is 2.97. The Morgan fingerprint density at radius 1 is 1.35 bits per heavy atom. The molecule has 0 amide bonds. The number of esters is 1. The zero-order valence-electron chi connectivity index (χ0n) is 14.1. The van der Waals surface area contributed by atoms with Gasteiger partial charge in [0.1, 0.15) is 6.61 Å². The van der Waals surface area contributed by atoms with Crippen LogP contribution in [0, 0.1) is 12.8 Å². The lowest BCUT2D eigenvalue weighted by atomic mass is 10.0. The van der Waals surface area contributed by atoms with E-state index in [-0.39, 0.29) is 5.97 Å². The van der Waals surface area contributed by atoms with E-state index in [1.54, 1.807) is 17.8 Å². The van der Waals surface area contributed by atoms with Crippen LogP contribution in [-0.2, 0) is 21.0 Å². The number of halogens is 3. The lowest BCUT2D eigenvalue weighted by molar-refractivity contribution is -0.242. The van der Waals surface area contributed by atoms with Crippen LogP contribution in [0.25, 0.3) is 0 Å². The van der Waals surface area contributed by atoms with Gasteiger partial charge in [0.25, 0.3) is 0 Å². The Morgan fingerprint density at radius 3 is 2.69 bits per heavy atom. The van der Waals surface area contributed by atoms with Crippen LogP contribution in [0.3, 0.4) is 0 Å². The summed E-state index contributed by atoms with van der Waals surface area (Å²) in [5, 5.41) is 1.08. The first kappa shape index (κ1) is 19.0. The summed E-state index contributed by atoms with van der Waals surface area (Å²) in [5.41, 5.74) is 2.58. The summed E-state index contributed by atoms with van der Waals surface area (Å²) in [4.78, 5) is 27.9. The second-order valence-corrected chi connectivity index (χ2v) is 7.41. The summed E-state index contributed by atoms with van der Waals surface area (Å²) in [7, 11) is 0. The van der Waals surface area contributed by atoms with Gasteiger partial charge in [-0.25, -0.2) is 9.59 Å². The molecule has 0 atom stereocenters. The van der Waals surface area contributed by atoms with Crippen LogP contribution >= 0.6 is 11.8 Å². The minimum absolute atomic E-state index is 0.290. The monoisotopic (exact) mass is 389 g/mol. The molecular weight excluding hydrogens is 371 g/mol. The number of benzene rings is 1. The Labute approximate surface area is 152 Å². The van der Waals surface area contributed by atoms with Gasteiger partial charge in [0.15, 0.2) is 0 Å². The number of hydroxylamine groups is 2. The van der Waals surface area contributed by atoms with Crippen molar-refractivity contribution in [2.45, 2.75) is 37.4 Å². The fourth-order valence-corrected chi connectivity index (χ4v) is 4.28. The molecule has 0 bridgehead atoms. The van der Waals surface area contributed by atoms with Crippen LogP contribution < -0.4 is 0 Å². The van der Waals surface area contributed by atoms with Gasteiger partial charge < -0.3 is 9.57 Å². The summed E-state index contributed by atoms with van der Waals surface area (Å²) in [5.74, 6) is -1.32. The van der Waals surface area contributed by atoms with Gasteiger partial charge in [-0.05, 0) is 43.4 Å². The molecule has 0 saturated carbocycles. The molecule has 0 aliphatic carbocycles. The normalized spacial score (nSPS) is 18.5. The minimum atomic E-state index is -4.97. The molecule has 0 spiro atoms. The number of alkyl halides is 3. The molecule has 2 aliphatic rings. The van der Waals surface area contributed by atoms with Gasteiger partial charge in [-0.3, -0.25) is 0 Å². The van der Waals surface area contributed by atoms with Gasteiger partial charge in [0.2, 0.25) is 0 Å². The van der Waals surface area contributed by atoms with Gasteiger partial charge in [-0.2, -0.15) is 13.2 Å². The van der Waals surface area contributed by atoms with Crippen molar-refractivity contribution in [3.63, 3.8) is 0 Å². The fourth-order valence-electron chi connectivity index (χ4n) is 3.03. The highest BCUT2D eigenvalue weighted by Gasteiger charge is 2.43. The number of fused-ring (bicyclic) bond motifs is 1. The summed E-state index contributed by atoms with van der Waals surface area (Å²) < 4.78 is 41.7. The largest absolute Gasteiger partial charge is 0.492 e. The van der Waals surface area contributed by atoms with Crippen LogP contribution in [0.4, 0.5) is 13.2 Å². The van der Waals surface area contributed by atoms with Crippen molar-refractivity contribution in [3.8, 4) is 0 Å². The molecule has 5 nitrogen and oxygen atoms in total. The van der Waals surface area contributed by atoms with Crippen LogP contribution in [-0.4, -0.2) is 42.0 Å². The van der Waals surface area contributed by atoms with E-state index in [1.807, 2.05) is 13.0 Å². The number of rotatable bonds is 4. The van der Waals surface area contributed by atoms with E-state index in [9.17, 15) is 22.8 Å². The van der Waals surface area contributed by atoms with Crippen LogP contribution in [0.5, 0.6) is 0 Å². The number of thioether (sulfide) groups is 1. The first-order valence-electron chi connectivity index (χ1n) is 8.22. The van der Waals surface area contributed by atoms with Crippen molar-refractivity contribution in [2.75, 3.05) is 18.8 Å². The smallest absolute Gasteiger partial charge is 0.457 e. The molecule has 26 heavy (non-hydrogen) atoms. The highest BCUT2D eigenvalue weighted by molar-refractivity contribution is 7.99. The molecule has 0 unspecified atom stereocenters. The minimum Gasteiger partial charge on any atom is -0.457 e. The SMILES string of the molecule is Cc1c(SCC2CCN(OC(=O)C(F)(F)F)CC2)ccc2c1COC2=O. The second-order valence-electron chi connectivity index (χ2n) is 6.35. The maximum atomic E-state index is 12.2. The standard InChI is InChI=1S/C17H18F3NO4S/c1-10-13-8-24-15(22)12(13)2-3-14(10)26-9-11-4-6-21(7-5-11)25-16(23)17(18,19)20/h2-3,11H,4-9H2,1H3. The lowest BCUT2D eigenvalue weighted by Gasteiger charge is -2.30. The first-order valence-corrected chi connectivity index (χ1v) is 9.20. The average molecular weight is 389 g/mol. The topological polar surface area (TPSA) is 55.8 Å². The van der Waals surface area contributed by atoms with E-state index in [0.717, 1.165) is 26.8 Å². The number of ether oxygens (including phenoxy) is 1. The van der Waals surface area contributed by atoms with Gasteiger partial charge in [0.05, 0.1) is 5.56 Å². The molecule has 0 N–H and O–H groups in total. The van der Waals surface area contributed by atoms with E-state index >= 15 is 0 Å². The molecule has 2 aliphatic heterocycles. The maximum Gasteiger partial charge on any atom is 0.492 e. The van der Waals surface area contributed by atoms with Crippen molar-refractivity contribution < 1.29 is 32.3 Å². The quantitative estimate of drug-likeness (QED) is 0.581. The highest BCUT2D eigenvalue weighted by atomic mass is 32.2.